The second kappa shape index (κ2) is 5.36. The molecule has 0 aliphatic carbocycles. The lowest BCUT2D eigenvalue weighted by Crippen LogP contribution is -1.96. The summed E-state index contributed by atoms with van der Waals surface area (Å²) in [6.07, 6.45) is 3.21. The van der Waals surface area contributed by atoms with Crippen molar-refractivity contribution in [2.24, 2.45) is 5.73 Å². The van der Waals surface area contributed by atoms with Crippen LogP contribution in [0, 0.1) is 0 Å². The number of pyridine rings is 2. The first-order valence-corrected chi connectivity index (χ1v) is 6.25. The molecule has 2 N–H and O–H groups in total. The van der Waals surface area contributed by atoms with Gasteiger partial charge >= 0.3 is 0 Å². The SMILES string of the molecule is NCc1ccc(-c2nc(-c3ccc(Cl)cn3)no2)nc1. The average Bonchev–Trinajstić information content (AvgIpc) is 2.98. The summed E-state index contributed by atoms with van der Waals surface area (Å²) >= 11 is 5.78. The second-order valence-corrected chi connectivity index (χ2v) is 4.48. The summed E-state index contributed by atoms with van der Waals surface area (Å²) in [7, 11) is 0. The highest BCUT2D eigenvalue weighted by atomic mass is 35.5. The van der Waals surface area contributed by atoms with Gasteiger partial charge in [0.15, 0.2) is 0 Å². The van der Waals surface area contributed by atoms with E-state index < -0.39 is 0 Å². The maximum absolute atomic E-state index is 5.78. The fourth-order valence-electron chi connectivity index (χ4n) is 1.61. The van der Waals surface area contributed by atoms with Gasteiger partial charge in [-0.05, 0) is 23.8 Å². The number of rotatable bonds is 3. The van der Waals surface area contributed by atoms with Crippen molar-refractivity contribution in [2.45, 2.75) is 6.54 Å². The summed E-state index contributed by atoms with van der Waals surface area (Å²) in [5.41, 5.74) is 7.64. The van der Waals surface area contributed by atoms with Crippen LogP contribution in [0.2, 0.25) is 5.02 Å². The van der Waals surface area contributed by atoms with E-state index in [0.29, 0.717) is 34.7 Å². The van der Waals surface area contributed by atoms with Crippen molar-refractivity contribution in [3.8, 4) is 23.1 Å². The molecule has 0 spiro atoms. The Morgan fingerprint density at radius 3 is 2.50 bits per heavy atom. The number of halogens is 1. The molecule has 100 valence electrons. The quantitative estimate of drug-likeness (QED) is 0.795. The maximum Gasteiger partial charge on any atom is 0.276 e. The molecule has 0 unspecified atom stereocenters. The van der Waals surface area contributed by atoms with Gasteiger partial charge in [-0.3, -0.25) is 9.97 Å². The number of hydrogen-bond donors (Lipinski definition) is 1. The van der Waals surface area contributed by atoms with E-state index in [4.69, 9.17) is 21.9 Å². The predicted octanol–water partition coefficient (Wildman–Crippen LogP) is 2.31. The standard InChI is InChI=1S/C13H10ClN5O/c14-9-2-4-10(17-7-9)12-18-13(20-19-12)11-3-1-8(5-15)6-16-11/h1-4,6-7H,5,15H2. The molecule has 0 fully saturated rings. The summed E-state index contributed by atoms with van der Waals surface area (Å²) in [5.74, 6) is 0.724. The molecule has 0 radical (unpaired) electrons. The average molecular weight is 288 g/mol. The van der Waals surface area contributed by atoms with Crippen molar-refractivity contribution in [3.63, 3.8) is 0 Å². The monoisotopic (exact) mass is 287 g/mol. The van der Waals surface area contributed by atoms with E-state index in [1.54, 1.807) is 24.4 Å². The Hall–Kier alpha value is -2.31. The number of nitrogens with zero attached hydrogens (tertiary/aromatic N) is 4. The molecule has 0 aliphatic heterocycles. The zero-order valence-electron chi connectivity index (χ0n) is 10.3. The first-order valence-electron chi connectivity index (χ1n) is 5.87. The van der Waals surface area contributed by atoms with Gasteiger partial charge in [-0.25, -0.2) is 0 Å². The smallest absolute Gasteiger partial charge is 0.276 e. The molecular formula is C13H10ClN5O. The zero-order valence-corrected chi connectivity index (χ0v) is 11.1. The fourth-order valence-corrected chi connectivity index (χ4v) is 1.72. The lowest BCUT2D eigenvalue weighted by atomic mass is 10.2. The third-order valence-electron chi connectivity index (χ3n) is 2.66. The van der Waals surface area contributed by atoms with Crippen molar-refractivity contribution in [1.29, 1.82) is 0 Å². The molecule has 0 saturated heterocycles. The Labute approximate surface area is 119 Å². The summed E-state index contributed by atoms with van der Waals surface area (Å²) in [6.45, 7) is 0.442. The van der Waals surface area contributed by atoms with Gasteiger partial charge in [0.25, 0.3) is 5.89 Å². The highest BCUT2D eigenvalue weighted by molar-refractivity contribution is 6.30. The van der Waals surface area contributed by atoms with Crippen LogP contribution in [-0.2, 0) is 6.54 Å². The van der Waals surface area contributed by atoms with E-state index in [1.165, 1.54) is 6.20 Å². The van der Waals surface area contributed by atoms with Gasteiger partial charge in [0.05, 0.1) is 5.02 Å². The number of nitrogens with two attached hydrogens (primary N) is 1. The Kier molecular flexibility index (Phi) is 3.41. The normalized spacial score (nSPS) is 10.7. The maximum atomic E-state index is 5.78. The van der Waals surface area contributed by atoms with Crippen molar-refractivity contribution in [1.82, 2.24) is 20.1 Å². The first-order chi connectivity index (χ1) is 9.76. The van der Waals surface area contributed by atoms with Crippen LogP contribution in [0.25, 0.3) is 23.1 Å². The zero-order chi connectivity index (χ0) is 13.9. The van der Waals surface area contributed by atoms with E-state index in [0.717, 1.165) is 5.56 Å². The highest BCUT2D eigenvalue weighted by Crippen LogP contribution is 2.20. The topological polar surface area (TPSA) is 90.7 Å². The van der Waals surface area contributed by atoms with Gasteiger partial charge in [-0.2, -0.15) is 4.98 Å². The molecule has 7 heteroatoms. The minimum absolute atomic E-state index is 0.334. The van der Waals surface area contributed by atoms with Gasteiger partial charge in [0.2, 0.25) is 5.82 Å². The molecule has 0 aromatic carbocycles. The molecule has 0 aliphatic rings. The van der Waals surface area contributed by atoms with E-state index in [1.807, 2.05) is 6.07 Å². The summed E-state index contributed by atoms with van der Waals surface area (Å²) < 4.78 is 5.18. The molecule has 6 nitrogen and oxygen atoms in total. The van der Waals surface area contributed by atoms with Crippen LogP contribution in [0.5, 0.6) is 0 Å². The van der Waals surface area contributed by atoms with Crippen LogP contribution in [0.1, 0.15) is 5.56 Å². The largest absolute Gasteiger partial charge is 0.332 e. The van der Waals surface area contributed by atoms with E-state index in [9.17, 15) is 0 Å². The van der Waals surface area contributed by atoms with Crippen molar-refractivity contribution in [2.75, 3.05) is 0 Å². The summed E-state index contributed by atoms with van der Waals surface area (Å²) in [6, 6.07) is 7.09. The molecular weight excluding hydrogens is 278 g/mol. The van der Waals surface area contributed by atoms with Crippen molar-refractivity contribution >= 4 is 11.6 Å². The highest BCUT2D eigenvalue weighted by Gasteiger charge is 2.12. The van der Waals surface area contributed by atoms with Crippen LogP contribution in [0.4, 0.5) is 0 Å². The predicted molar refractivity (Wildman–Crippen MR) is 73.7 cm³/mol. The Bertz CT molecular complexity index is 708. The Morgan fingerprint density at radius 2 is 1.85 bits per heavy atom. The molecule has 0 saturated carbocycles. The van der Waals surface area contributed by atoms with Gasteiger partial charge in [0, 0.05) is 18.9 Å². The fraction of sp³-hybridized carbons (Fsp3) is 0.0769. The number of aromatic nitrogens is 4. The van der Waals surface area contributed by atoms with Gasteiger partial charge in [-0.15, -0.1) is 0 Å². The van der Waals surface area contributed by atoms with Gasteiger partial charge in [0.1, 0.15) is 11.4 Å². The van der Waals surface area contributed by atoms with Crippen LogP contribution in [-0.4, -0.2) is 20.1 Å². The molecule has 3 aromatic rings. The Balaban J connectivity index is 1.91. The minimum Gasteiger partial charge on any atom is -0.332 e. The van der Waals surface area contributed by atoms with Crippen molar-refractivity contribution in [3.05, 3.63) is 47.2 Å². The molecule has 0 atom stereocenters. The van der Waals surface area contributed by atoms with Crippen molar-refractivity contribution < 1.29 is 4.52 Å². The lowest BCUT2D eigenvalue weighted by molar-refractivity contribution is 0.431. The summed E-state index contributed by atoms with van der Waals surface area (Å²) in [5, 5.41) is 4.43. The van der Waals surface area contributed by atoms with Crippen LogP contribution in [0.15, 0.2) is 41.2 Å². The molecule has 0 amide bonds. The molecule has 3 rings (SSSR count). The van der Waals surface area contributed by atoms with Gasteiger partial charge in [-0.1, -0.05) is 22.8 Å². The molecule has 20 heavy (non-hydrogen) atoms. The molecule has 3 aromatic heterocycles. The van der Waals surface area contributed by atoms with Crippen LogP contribution in [0.3, 0.4) is 0 Å². The third kappa shape index (κ3) is 2.52. The lowest BCUT2D eigenvalue weighted by Gasteiger charge is -1.96. The number of hydrogen-bond acceptors (Lipinski definition) is 6. The first kappa shape index (κ1) is 12.7. The van der Waals surface area contributed by atoms with Gasteiger partial charge < -0.3 is 10.3 Å². The van der Waals surface area contributed by atoms with E-state index in [-0.39, 0.29) is 0 Å². The Morgan fingerprint density at radius 1 is 1.05 bits per heavy atom. The molecule has 3 heterocycles. The van der Waals surface area contributed by atoms with Crippen LogP contribution >= 0.6 is 11.6 Å². The minimum atomic E-state index is 0.334. The van der Waals surface area contributed by atoms with E-state index >= 15 is 0 Å². The molecule has 0 bridgehead atoms. The van der Waals surface area contributed by atoms with E-state index in [2.05, 4.69) is 20.1 Å². The second-order valence-electron chi connectivity index (χ2n) is 4.04. The summed E-state index contributed by atoms with van der Waals surface area (Å²) in [4.78, 5) is 12.6. The third-order valence-corrected chi connectivity index (χ3v) is 2.89. The van der Waals surface area contributed by atoms with Crippen LogP contribution < -0.4 is 5.73 Å².